The highest BCUT2D eigenvalue weighted by Gasteiger charge is 2.41. The smallest absolute Gasteiger partial charge is 0.248 e. The number of nitrogens with one attached hydrogen (secondary N) is 2. The largest absolute Gasteiger partial charge is 0.385 e. The third kappa shape index (κ3) is 8.13. The maximum Gasteiger partial charge on any atom is 0.248 e. The Balaban J connectivity index is 1.27. The first-order chi connectivity index (χ1) is 18.9. The standard InChI is InChI=1S/C28H39B2ClF2N4O3/c1-26(6-8-27(32,33)9-7-26)17-24(38)35-19-25(39)36-10-12-37(13-11-36)28(29,30)22-16-21(31)2-3-23(22)34-18-20-4-14-40-15-5-20/h2-3,16,20,34H,4-15,17-19H2,1H3,(H,35,38). The van der Waals surface area contributed by atoms with E-state index in [1.54, 1.807) is 11.0 Å². The summed E-state index contributed by atoms with van der Waals surface area (Å²) in [7, 11) is 13.4. The summed E-state index contributed by atoms with van der Waals surface area (Å²) in [5.74, 6) is -2.62. The number of amides is 2. The second-order valence-electron chi connectivity index (χ2n) is 11.9. The van der Waals surface area contributed by atoms with Crippen molar-refractivity contribution >= 4 is 44.8 Å². The molecule has 2 amide bonds. The monoisotopic (exact) mass is 574 g/mol. The van der Waals surface area contributed by atoms with Crippen molar-refractivity contribution in [2.75, 3.05) is 57.8 Å². The van der Waals surface area contributed by atoms with E-state index < -0.39 is 16.7 Å². The molecule has 1 saturated carbocycles. The molecule has 1 aromatic rings. The number of carbonyl (C=O) groups is 2. The van der Waals surface area contributed by atoms with Gasteiger partial charge in [-0.1, -0.05) is 18.5 Å². The van der Waals surface area contributed by atoms with Crippen molar-refractivity contribution in [3.05, 3.63) is 28.8 Å². The molecular formula is C28H39B2ClF2N4O3. The van der Waals surface area contributed by atoms with Crippen molar-refractivity contribution in [1.29, 1.82) is 0 Å². The quantitative estimate of drug-likeness (QED) is 0.442. The molecule has 216 valence electrons. The lowest BCUT2D eigenvalue weighted by Gasteiger charge is -2.46. The lowest BCUT2D eigenvalue weighted by Crippen LogP contribution is -2.58. The van der Waals surface area contributed by atoms with Gasteiger partial charge >= 0.3 is 0 Å². The lowest BCUT2D eigenvalue weighted by atomic mass is 9.56. The average molecular weight is 575 g/mol. The average Bonchev–Trinajstić information content (AvgIpc) is 2.93. The number of piperazine rings is 1. The van der Waals surface area contributed by atoms with Crippen LogP contribution in [0.2, 0.25) is 5.02 Å². The predicted octanol–water partition coefficient (Wildman–Crippen LogP) is 3.49. The summed E-state index contributed by atoms with van der Waals surface area (Å²) in [5, 5.41) is 5.41. The summed E-state index contributed by atoms with van der Waals surface area (Å²) < 4.78 is 32.5. The van der Waals surface area contributed by atoms with Gasteiger partial charge in [0.15, 0.2) is 0 Å². The Bertz CT molecular complexity index is 1040. The predicted molar refractivity (Wildman–Crippen MR) is 154 cm³/mol. The van der Waals surface area contributed by atoms with Gasteiger partial charge in [-0.15, -0.1) is 0 Å². The first kappa shape index (κ1) is 31.1. The SMILES string of the molecule is [B]C([B])(c1cc(Cl)ccc1NCC1CCOCC1)N1CCN(C(=O)CNC(=O)CC2(C)CCC(F)(F)CC2)CC1. The van der Waals surface area contributed by atoms with E-state index in [9.17, 15) is 18.4 Å². The molecule has 1 aliphatic carbocycles. The topological polar surface area (TPSA) is 73.9 Å². The van der Waals surface area contributed by atoms with Crippen LogP contribution in [0.3, 0.4) is 0 Å². The van der Waals surface area contributed by atoms with Gasteiger partial charge in [0.2, 0.25) is 17.7 Å². The number of benzene rings is 1. The molecule has 2 saturated heterocycles. The van der Waals surface area contributed by atoms with E-state index in [1.807, 2.05) is 24.0 Å². The van der Waals surface area contributed by atoms with Gasteiger partial charge in [-0.25, -0.2) is 8.78 Å². The highest BCUT2D eigenvalue weighted by atomic mass is 35.5. The van der Waals surface area contributed by atoms with E-state index in [2.05, 4.69) is 10.6 Å². The molecule has 2 heterocycles. The van der Waals surface area contributed by atoms with E-state index >= 15 is 0 Å². The normalized spacial score (nSPS) is 22.1. The molecule has 4 rings (SSSR count). The Morgan fingerprint density at radius 3 is 2.40 bits per heavy atom. The van der Waals surface area contributed by atoms with Gasteiger partial charge in [-0.2, -0.15) is 0 Å². The van der Waals surface area contributed by atoms with Crippen LogP contribution in [0.15, 0.2) is 18.2 Å². The maximum atomic E-state index is 13.5. The van der Waals surface area contributed by atoms with Gasteiger partial charge in [0.05, 0.1) is 22.2 Å². The number of rotatable bonds is 9. The lowest BCUT2D eigenvalue weighted by molar-refractivity contribution is -0.135. The van der Waals surface area contributed by atoms with Gasteiger partial charge in [0.25, 0.3) is 0 Å². The number of carbonyl (C=O) groups excluding carboxylic acids is 2. The summed E-state index contributed by atoms with van der Waals surface area (Å²) in [6.45, 7) is 5.77. The molecule has 0 spiro atoms. The molecule has 0 unspecified atom stereocenters. The summed E-state index contributed by atoms with van der Waals surface area (Å²) in [4.78, 5) is 28.9. The van der Waals surface area contributed by atoms with Gasteiger partial charge in [-0.3, -0.25) is 9.59 Å². The van der Waals surface area contributed by atoms with Crippen LogP contribution in [0, 0.1) is 11.3 Å². The molecule has 7 nitrogen and oxygen atoms in total. The Kier molecular flexibility index (Phi) is 10.1. The molecule has 2 N–H and O–H groups in total. The Hall–Kier alpha value is -1.84. The summed E-state index contributed by atoms with van der Waals surface area (Å²) >= 11 is 6.32. The molecule has 40 heavy (non-hydrogen) atoms. The molecule has 2 aliphatic heterocycles. The number of ether oxygens (including phenoxy) is 1. The number of nitrogens with zero attached hydrogens (tertiary/aromatic N) is 2. The molecule has 1 aromatic carbocycles. The third-order valence-electron chi connectivity index (χ3n) is 8.70. The van der Waals surface area contributed by atoms with Crippen molar-refractivity contribution in [2.24, 2.45) is 11.3 Å². The summed E-state index contributed by atoms with van der Waals surface area (Å²) in [5.41, 5.74) is 1.05. The molecule has 12 heteroatoms. The number of alkyl halides is 2. The Labute approximate surface area is 243 Å². The van der Waals surface area contributed by atoms with Crippen molar-refractivity contribution in [2.45, 2.75) is 63.1 Å². The summed E-state index contributed by atoms with van der Waals surface area (Å²) in [6, 6.07) is 5.49. The fraction of sp³-hybridized carbons (Fsp3) is 0.714. The van der Waals surface area contributed by atoms with Gasteiger partial charge in [-0.05, 0) is 66.1 Å². The van der Waals surface area contributed by atoms with Crippen LogP contribution >= 0.6 is 11.6 Å². The zero-order chi connectivity index (χ0) is 29.0. The summed E-state index contributed by atoms with van der Waals surface area (Å²) in [6.07, 6.45) is 2.32. The van der Waals surface area contributed by atoms with E-state index in [0.717, 1.165) is 38.3 Å². The van der Waals surface area contributed by atoms with Crippen molar-refractivity contribution in [3.63, 3.8) is 0 Å². The molecular weight excluding hydrogens is 535 g/mol. The second kappa shape index (κ2) is 13.0. The van der Waals surface area contributed by atoms with E-state index in [-0.39, 0.29) is 37.6 Å². The number of hydrogen-bond acceptors (Lipinski definition) is 5. The first-order valence-corrected chi connectivity index (χ1v) is 14.6. The first-order valence-electron chi connectivity index (χ1n) is 14.2. The molecule has 0 bridgehead atoms. The van der Waals surface area contributed by atoms with E-state index in [0.29, 0.717) is 55.5 Å². The Morgan fingerprint density at radius 2 is 1.75 bits per heavy atom. The number of anilines is 1. The van der Waals surface area contributed by atoms with Crippen LogP contribution in [-0.4, -0.2) is 95.7 Å². The van der Waals surface area contributed by atoms with Gasteiger partial charge in [0, 0.05) is 75.9 Å². The van der Waals surface area contributed by atoms with E-state index in [4.69, 9.17) is 32.0 Å². The number of hydrogen-bond donors (Lipinski definition) is 2. The van der Waals surface area contributed by atoms with Crippen LogP contribution in [0.1, 0.15) is 57.4 Å². The van der Waals surface area contributed by atoms with Crippen molar-refractivity contribution < 1.29 is 23.1 Å². The van der Waals surface area contributed by atoms with Gasteiger partial charge in [0.1, 0.15) is 0 Å². The second-order valence-corrected chi connectivity index (χ2v) is 12.4. The third-order valence-corrected chi connectivity index (χ3v) is 8.94. The minimum Gasteiger partial charge on any atom is -0.385 e. The molecule has 0 atom stereocenters. The minimum absolute atomic E-state index is 0.129. The van der Waals surface area contributed by atoms with Crippen LogP contribution in [0.4, 0.5) is 14.5 Å². The van der Waals surface area contributed by atoms with E-state index in [1.165, 1.54) is 0 Å². The highest BCUT2D eigenvalue weighted by molar-refractivity contribution is 6.40. The fourth-order valence-electron chi connectivity index (χ4n) is 5.84. The van der Waals surface area contributed by atoms with Gasteiger partial charge < -0.3 is 25.2 Å². The molecule has 4 radical (unpaired) electrons. The van der Waals surface area contributed by atoms with Crippen molar-refractivity contribution in [1.82, 2.24) is 15.1 Å². The molecule has 3 fully saturated rings. The minimum atomic E-state index is -2.64. The van der Waals surface area contributed by atoms with Crippen LogP contribution < -0.4 is 10.6 Å². The maximum absolute atomic E-state index is 13.5. The van der Waals surface area contributed by atoms with Crippen LogP contribution in [0.5, 0.6) is 0 Å². The zero-order valence-corrected chi connectivity index (χ0v) is 24.1. The Morgan fingerprint density at radius 1 is 1.10 bits per heavy atom. The zero-order valence-electron chi connectivity index (χ0n) is 23.3. The molecule has 3 aliphatic rings. The van der Waals surface area contributed by atoms with Crippen LogP contribution in [0.25, 0.3) is 0 Å². The molecule has 0 aromatic heterocycles. The van der Waals surface area contributed by atoms with Crippen molar-refractivity contribution in [3.8, 4) is 0 Å². The highest BCUT2D eigenvalue weighted by Crippen LogP contribution is 2.45. The number of halogens is 3. The fourth-order valence-corrected chi connectivity index (χ4v) is 6.01. The van der Waals surface area contributed by atoms with Crippen LogP contribution in [-0.2, 0) is 19.7 Å².